The number of nitrogen functional groups attached to an aromatic ring is 1. The topological polar surface area (TPSA) is 58.4 Å². The van der Waals surface area contributed by atoms with Crippen LogP contribution in [-0.2, 0) is 0 Å². The van der Waals surface area contributed by atoms with Crippen molar-refractivity contribution in [1.82, 2.24) is 5.32 Å². The van der Waals surface area contributed by atoms with E-state index < -0.39 is 0 Å². The standard InChI is InChI=1S/C15H23N3O/c1-4-15(7-8-15)10-17-14(19)11-5-6-13(18(2)3)12(16)9-11/h5-6,9H,4,7-8,10,16H2,1-3H3,(H,17,19). The van der Waals surface area contributed by atoms with Gasteiger partial charge in [0, 0.05) is 26.2 Å². The number of benzene rings is 1. The summed E-state index contributed by atoms with van der Waals surface area (Å²) in [5, 5.41) is 3.02. The van der Waals surface area contributed by atoms with E-state index >= 15 is 0 Å². The Labute approximate surface area is 115 Å². The summed E-state index contributed by atoms with van der Waals surface area (Å²) in [5.41, 5.74) is 8.53. The molecular formula is C15H23N3O. The summed E-state index contributed by atoms with van der Waals surface area (Å²) in [5.74, 6) is -0.0308. The number of carbonyl (C=O) groups excluding carboxylic acids is 1. The van der Waals surface area contributed by atoms with Crippen LogP contribution < -0.4 is 16.0 Å². The Kier molecular flexibility index (Phi) is 3.69. The van der Waals surface area contributed by atoms with Crippen LogP contribution in [-0.4, -0.2) is 26.5 Å². The first-order chi connectivity index (χ1) is 8.97. The minimum Gasteiger partial charge on any atom is -0.397 e. The number of anilines is 2. The lowest BCUT2D eigenvalue weighted by Crippen LogP contribution is -2.30. The van der Waals surface area contributed by atoms with Crippen LogP contribution in [0.5, 0.6) is 0 Å². The second-order valence-corrected chi connectivity index (χ2v) is 5.70. The zero-order chi connectivity index (χ0) is 14.0. The van der Waals surface area contributed by atoms with Gasteiger partial charge in [-0.3, -0.25) is 4.79 Å². The SMILES string of the molecule is CCC1(CNC(=O)c2ccc(N(C)C)c(N)c2)CC1. The Hall–Kier alpha value is -1.71. The lowest BCUT2D eigenvalue weighted by atomic mass is 10.0. The average molecular weight is 261 g/mol. The molecule has 0 aliphatic heterocycles. The van der Waals surface area contributed by atoms with Crippen molar-refractivity contribution in [3.63, 3.8) is 0 Å². The van der Waals surface area contributed by atoms with Gasteiger partial charge in [0.25, 0.3) is 5.91 Å². The number of hydrogen-bond donors (Lipinski definition) is 2. The fraction of sp³-hybridized carbons (Fsp3) is 0.533. The van der Waals surface area contributed by atoms with Crippen molar-refractivity contribution in [3.05, 3.63) is 23.8 Å². The van der Waals surface area contributed by atoms with Crippen molar-refractivity contribution >= 4 is 17.3 Å². The highest BCUT2D eigenvalue weighted by Crippen LogP contribution is 2.47. The molecule has 1 amide bonds. The number of nitrogens with one attached hydrogen (secondary N) is 1. The monoisotopic (exact) mass is 261 g/mol. The summed E-state index contributed by atoms with van der Waals surface area (Å²) in [6.07, 6.45) is 3.59. The maximum atomic E-state index is 12.1. The van der Waals surface area contributed by atoms with E-state index in [1.165, 1.54) is 12.8 Å². The van der Waals surface area contributed by atoms with Gasteiger partial charge < -0.3 is 16.0 Å². The number of rotatable bonds is 5. The number of carbonyl (C=O) groups is 1. The van der Waals surface area contributed by atoms with E-state index in [0.29, 0.717) is 16.7 Å². The van der Waals surface area contributed by atoms with Gasteiger partial charge in [0.15, 0.2) is 0 Å². The zero-order valence-electron chi connectivity index (χ0n) is 12.0. The normalized spacial score (nSPS) is 15.9. The van der Waals surface area contributed by atoms with Gasteiger partial charge in [-0.25, -0.2) is 0 Å². The Balaban J connectivity index is 2.01. The molecule has 4 nitrogen and oxygen atoms in total. The first kappa shape index (κ1) is 13.7. The second kappa shape index (κ2) is 5.11. The summed E-state index contributed by atoms with van der Waals surface area (Å²) in [6.45, 7) is 2.96. The minimum atomic E-state index is -0.0308. The van der Waals surface area contributed by atoms with Crippen LogP contribution in [0.15, 0.2) is 18.2 Å². The molecule has 1 aliphatic carbocycles. The van der Waals surface area contributed by atoms with Crippen LogP contribution in [0.3, 0.4) is 0 Å². The van der Waals surface area contributed by atoms with E-state index in [4.69, 9.17) is 5.73 Å². The molecule has 0 atom stereocenters. The van der Waals surface area contributed by atoms with Crippen LogP contribution in [0.4, 0.5) is 11.4 Å². The molecule has 1 aromatic rings. The van der Waals surface area contributed by atoms with Crippen molar-refractivity contribution in [2.75, 3.05) is 31.3 Å². The molecule has 0 spiro atoms. The first-order valence-electron chi connectivity index (χ1n) is 6.82. The van der Waals surface area contributed by atoms with Gasteiger partial charge in [0.2, 0.25) is 0 Å². The predicted octanol–water partition coefficient (Wildman–Crippen LogP) is 2.25. The van der Waals surface area contributed by atoms with Gasteiger partial charge in [-0.15, -0.1) is 0 Å². The molecule has 0 radical (unpaired) electrons. The third kappa shape index (κ3) is 3.00. The molecule has 1 saturated carbocycles. The quantitative estimate of drug-likeness (QED) is 0.799. The van der Waals surface area contributed by atoms with Crippen molar-refractivity contribution in [2.24, 2.45) is 5.41 Å². The Morgan fingerprint density at radius 1 is 1.42 bits per heavy atom. The van der Waals surface area contributed by atoms with Gasteiger partial charge in [0.1, 0.15) is 0 Å². The molecule has 1 aromatic carbocycles. The van der Waals surface area contributed by atoms with E-state index in [2.05, 4.69) is 12.2 Å². The van der Waals surface area contributed by atoms with E-state index in [0.717, 1.165) is 18.7 Å². The highest BCUT2D eigenvalue weighted by Gasteiger charge is 2.40. The third-order valence-electron chi connectivity index (χ3n) is 4.10. The molecule has 0 unspecified atom stereocenters. The molecule has 0 heterocycles. The molecule has 0 bridgehead atoms. The summed E-state index contributed by atoms with van der Waals surface area (Å²) >= 11 is 0. The van der Waals surface area contributed by atoms with Crippen LogP contribution in [0, 0.1) is 5.41 Å². The van der Waals surface area contributed by atoms with Crippen molar-refractivity contribution in [1.29, 1.82) is 0 Å². The summed E-state index contributed by atoms with van der Waals surface area (Å²) < 4.78 is 0. The predicted molar refractivity (Wildman–Crippen MR) is 79.5 cm³/mol. The van der Waals surface area contributed by atoms with Gasteiger partial charge >= 0.3 is 0 Å². The van der Waals surface area contributed by atoms with Gasteiger partial charge in [-0.1, -0.05) is 6.92 Å². The molecular weight excluding hydrogens is 238 g/mol. The molecule has 4 heteroatoms. The summed E-state index contributed by atoms with van der Waals surface area (Å²) in [4.78, 5) is 14.0. The smallest absolute Gasteiger partial charge is 0.251 e. The molecule has 19 heavy (non-hydrogen) atoms. The zero-order valence-corrected chi connectivity index (χ0v) is 12.0. The van der Waals surface area contributed by atoms with Crippen molar-refractivity contribution < 1.29 is 4.79 Å². The van der Waals surface area contributed by atoms with Gasteiger partial charge in [-0.05, 0) is 42.9 Å². The summed E-state index contributed by atoms with van der Waals surface area (Å²) in [7, 11) is 3.87. The Morgan fingerprint density at radius 2 is 2.11 bits per heavy atom. The Bertz CT molecular complexity index is 478. The third-order valence-corrected chi connectivity index (χ3v) is 4.10. The number of hydrogen-bond acceptors (Lipinski definition) is 3. The fourth-order valence-corrected chi connectivity index (χ4v) is 2.30. The lowest BCUT2D eigenvalue weighted by molar-refractivity contribution is 0.0944. The molecule has 0 aromatic heterocycles. The maximum Gasteiger partial charge on any atom is 0.251 e. The number of nitrogens with zero attached hydrogens (tertiary/aromatic N) is 1. The van der Waals surface area contributed by atoms with Crippen molar-refractivity contribution in [3.8, 4) is 0 Å². The number of nitrogens with two attached hydrogens (primary N) is 1. The average Bonchev–Trinajstić information content (AvgIpc) is 3.16. The maximum absolute atomic E-state index is 12.1. The van der Waals surface area contributed by atoms with Gasteiger partial charge in [0.05, 0.1) is 11.4 Å². The van der Waals surface area contributed by atoms with Crippen LogP contribution in [0.25, 0.3) is 0 Å². The van der Waals surface area contributed by atoms with Gasteiger partial charge in [-0.2, -0.15) is 0 Å². The lowest BCUT2D eigenvalue weighted by Gasteiger charge is -2.17. The fourth-order valence-electron chi connectivity index (χ4n) is 2.30. The largest absolute Gasteiger partial charge is 0.397 e. The summed E-state index contributed by atoms with van der Waals surface area (Å²) in [6, 6.07) is 5.46. The van der Waals surface area contributed by atoms with E-state index in [1.54, 1.807) is 6.07 Å². The Morgan fingerprint density at radius 3 is 2.58 bits per heavy atom. The molecule has 3 N–H and O–H groups in total. The first-order valence-corrected chi connectivity index (χ1v) is 6.82. The highest BCUT2D eigenvalue weighted by molar-refractivity contribution is 5.96. The van der Waals surface area contributed by atoms with Crippen molar-refractivity contribution in [2.45, 2.75) is 26.2 Å². The van der Waals surface area contributed by atoms with Crippen LogP contribution >= 0.6 is 0 Å². The van der Waals surface area contributed by atoms with E-state index in [-0.39, 0.29) is 5.91 Å². The van der Waals surface area contributed by atoms with E-state index in [9.17, 15) is 4.79 Å². The molecule has 0 saturated heterocycles. The van der Waals surface area contributed by atoms with Crippen LogP contribution in [0.2, 0.25) is 0 Å². The number of amides is 1. The molecule has 2 rings (SSSR count). The minimum absolute atomic E-state index is 0.0308. The highest BCUT2D eigenvalue weighted by atomic mass is 16.1. The molecule has 1 fully saturated rings. The second-order valence-electron chi connectivity index (χ2n) is 5.70. The molecule has 104 valence electrons. The van der Waals surface area contributed by atoms with E-state index in [1.807, 2.05) is 31.1 Å². The molecule has 1 aliphatic rings. The van der Waals surface area contributed by atoms with Crippen LogP contribution in [0.1, 0.15) is 36.5 Å².